The van der Waals surface area contributed by atoms with E-state index in [2.05, 4.69) is 24.4 Å². The van der Waals surface area contributed by atoms with E-state index in [1.807, 2.05) is 0 Å². The summed E-state index contributed by atoms with van der Waals surface area (Å²) in [6, 6.07) is 0. The minimum absolute atomic E-state index is 0.977. The van der Waals surface area contributed by atoms with Gasteiger partial charge in [-0.25, -0.2) is 0 Å². The molecule has 0 bridgehead atoms. The topological polar surface area (TPSA) is 12.4 Å². The van der Waals surface area contributed by atoms with Crippen LogP contribution >= 0.6 is 11.8 Å². The maximum Gasteiger partial charge on any atom is 0.122 e. The van der Waals surface area contributed by atoms with Crippen LogP contribution in [0.5, 0.6) is 0 Å². The number of hydrogen-bond donors (Lipinski definition) is 0. The van der Waals surface area contributed by atoms with Crippen molar-refractivity contribution in [1.82, 2.24) is 0 Å². The third-order valence-electron chi connectivity index (χ3n) is 2.04. The average molecular weight is 213 g/mol. The Labute approximate surface area is 93.8 Å². The van der Waals surface area contributed by atoms with Gasteiger partial charge in [-0.05, 0) is 0 Å². The molecule has 2 radical (unpaired) electrons. The van der Waals surface area contributed by atoms with Crippen LogP contribution in [0.15, 0.2) is 4.99 Å². The third-order valence-corrected chi connectivity index (χ3v) is 2.68. The van der Waals surface area contributed by atoms with E-state index in [9.17, 15) is 0 Å². The van der Waals surface area contributed by atoms with Crippen LogP contribution in [0.2, 0.25) is 0 Å². The summed E-state index contributed by atoms with van der Waals surface area (Å²) in [7, 11) is 0. The van der Waals surface area contributed by atoms with Gasteiger partial charge in [-0.3, -0.25) is 4.99 Å². The largest absolute Gasteiger partial charge is 0.275 e. The summed E-state index contributed by atoms with van der Waals surface area (Å²) in [4.78, 5) is 3.80. The number of nitrogens with zero attached hydrogens (tertiary/aromatic N) is 1. The van der Waals surface area contributed by atoms with Crippen molar-refractivity contribution < 1.29 is 0 Å². The SMILES string of the molecule is [CH2]CCCCCCCC.[C]1=NCCS1. The van der Waals surface area contributed by atoms with Crippen LogP contribution in [0.1, 0.15) is 51.9 Å². The van der Waals surface area contributed by atoms with Crippen LogP contribution in [0, 0.1) is 6.92 Å². The molecular formula is C12H23NS. The Bertz CT molecular complexity index is 111. The van der Waals surface area contributed by atoms with Crippen molar-refractivity contribution in [3.8, 4) is 0 Å². The second-order valence-electron chi connectivity index (χ2n) is 3.44. The molecule has 1 rings (SSSR count). The molecule has 0 spiro atoms. The van der Waals surface area contributed by atoms with Crippen LogP contribution in [-0.2, 0) is 0 Å². The molecule has 0 aromatic rings. The van der Waals surface area contributed by atoms with E-state index in [1.165, 1.54) is 38.5 Å². The molecule has 0 fully saturated rings. The van der Waals surface area contributed by atoms with Gasteiger partial charge >= 0.3 is 0 Å². The van der Waals surface area contributed by atoms with E-state index in [0.29, 0.717) is 0 Å². The van der Waals surface area contributed by atoms with Gasteiger partial charge in [-0.1, -0.05) is 58.8 Å². The molecule has 0 saturated carbocycles. The minimum atomic E-state index is 0.977. The van der Waals surface area contributed by atoms with Crippen LogP contribution < -0.4 is 0 Å². The Hall–Kier alpha value is 0.0200. The molecule has 1 aliphatic heterocycles. The van der Waals surface area contributed by atoms with Crippen LogP contribution in [0.3, 0.4) is 0 Å². The normalized spacial score (nSPS) is 13.9. The maximum atomic E-state index is 3.80. The van der Waals surface area contributed by atoms with Gasteiger partial charge in [0.05, 0.1) is 0 Å². The summed E-state index contributed by atoms with van der Waals surface area (Å²) in [5.74, 6) is 1.14. The first kappa shape index (κ1) is 14.0. The predicted octanol–water partition coefficient (Wildman–Crippen LogP) is 4.21. The highest BCUT2D eigenvalue weighted by Crippen LogP contribution is 2.05. The van der Waals surface area contributed by atoms with Crippen molar-refractivity contribution in [2.75, 3.05) is 12.3 Å². The minimum Gasteiger partial charge on any atom is -0.275 e. The van der Waals surface area contributed by atoms with Crippen molar-refractivity contribution in [1.29, 1.82) is 0 Å². The van der Waals surface area contributed by atoms with Crippen LogP contribution in [0.25, 0.3) is 0 Å². The van der Waals surface area contributed by atoms with Crippen molar-refractivity contribution in [3.05, 3.63) is 6.92 Å². The highest BCUT2D eigenvalue weighted by atomic mass is 32.2. The molecule has 0 amide bonds. The Morgan fingerprint density at radius 2 is 1.93 bits per heavy atom. The first-order valence-corrected chi connectivity index (χ1v) is 6.73. The molecule has 14 heavy (non-hydrogen) atoms. The molecule has 1 nitrogen and oxygen atoms in total. The smallest absolute Gasteiger partial charge is 0.122 e. The van der Waals surface area contributed by atoms with E-state index in [-0.39, 0.29) is 0 Å². The first-order valence-electron chi connectivity index (χ1n) is 5.74. The van der Waals surface area contributed by atoms with Gasteiger partial charge in [-0.2, -0.15) is 0 Å². The van der Waals surface area contributed by atoms with Gasteiger partial charge in [-0.15, -0.1) is 11.8 Å². The van der Waals surface area contributed by atoms with Gasteiger partial charge in [0.25, 0.3) is 0 Å². The second-order valence-corrected chi connectivity index (χ2v) is 4.32. The van der Waals surface area contributed by atoms with Gasteiger partial charge in [0.15, 0.2) is 0 Å². The molecule has 1 aliphatic rings. The van der Waals surface area contributed by atoms with Crippen molar-refractivity contribution in [3.63, 3.8) is 0 Å². The summed E-state index contributed by atoms with van der Waals surface area (Å²) in [5, 5.41) is 0. The van der Waals surface area contributed by atoms with Gasteiger partial charge < -0.3 is 0 Å². The Morgan fingerprint density at radius 1 is 1.21 bits per heavy atom. The first-order chi connectivity index (χ1) is 6.91. The van der Waals surface area contributed by atoms with Crippen molar-refractivity contribution in [2.45, 2.75) is 51.9 Å². The monoisotopic (exact) mass is 213 g/mol. The fourth-order valence-corrected chi connectivity index (χ4v) is 1.64. The zero-order valence-corrected chi connectivity index (χ0v) is 10.2. The molecule has 0 atom stereocenters. The number of thioether (sulfide) groups is 1. The van der Waals surface area contributed by atoms with E-state index in [1.54, 1.807) is 11.8 Å². The number of rotatable bonds is 6. The Kier molecular flexibility index (Phi) is 13.0. The summed E-state index contributed by atoms with van der Waals surface area (Å²) >= 11 is 1.66. The van der Waals surface area contributed by atoms with Gasteiger partial charge in [0.2, 0.25) is 0 Å². The zero-order valence-electron chi connectivity index (χ0n) is 9.43. The lowest BCUT2D eigenvalue weighted by molar-refractivity contribution is 0.611. The molecule has 0 aromatic carbocycles. The molecule has 0 saturated heterocycles. The fraction of sp³-hybridized carbons (Fsp3) is 0.833. The lowest BCUT2D eigenvalue weighted by Gasteiger charge is -1.95. The highest BCUT2D eigenvalue weighted by Gasteiger charge is 1.87. The van der Waals surface area contributed by atoms with E-state index >= 15 is 0 Å². The second kappa shape index (κ2) is 13.0. The fourth-order valence-electron chi connectivity index (χ4n) is 1.19. The lowest BCUT2D eigenvalue weighted by Crippen LogP contribution is -1.76. The predicted molar refractivity (Wildman–Crippen MR) is 68.1 cm³/mol. The van der Waals surface area contributed by atoms with Gasteiger partial charge in [0.1, 0.15) is 5.55 Å². The maximum absolute atomic E-state index is 3.80. The van der Waals surface area contributed by atoms with Crippen LogP contribution in [-0.4, -0.2) is 17.8 Å². The molecule has 0 aromatic heterocycles. The molecule has 0 unspecified atom stereocenters. The standard InChI is InChI=1S/C9H19.C3H4NS/c1-3-5-7-9-8-6-4-2;1-2-5-3-4-1/h1,3-9H2,2H3;1-2H2. The van der Waals surface area contributed by atoms with Crippen molar-refractivity contribution in [2.24, 2.45) is 4.99 Å². The Balaban J connectivity index is 0.000000280. The summed E-state index contributed by atoms with van der Waals surface area (Å²) in [5.41, 5.74) is 2.76. The van der Waals surface area contributed by atoms with E-state index < -0.39 is 0 Å². The molecule has 0 aliphatic carbocycles. The zero-order chi connectivity index (χ0) is 10.5. The summed E-state index contributed by atoms with van der Waals surface area (Å²) in [6.45, 7) is 7.03. The number of aliphatic imine (C=N–C) groups is 1. The van der Waals surface area contributed by atoms with Crippen LogP contribution in [0.4, 0.5) is 0 Å². The van der Waals surface area contributed by atoms with E-state index in [0.717, 1.165) is 18.7 Å². The lowest BCUT2D eigenvalue weighted by atomic mass is 10.1. The quantitative estimate of drug-likeness (QED) is 0.602. The van der Waals surface area contributed by atoms with Crippen molar-refractivity contribution >= 4 is 17.3 Å². The number of hydrogen-bond acceptors (Lipinski definition) is 2. The number of unbranched alkanes of at least 4 members (excludes halogenated alkanes) is 6. The van der Waals surface area contributed by atoms with Gasteiger partial charge in [0, 0.05) is 12.3 Å². The Morgan fingerprint density at radius 3 is 2.36 bits per heavy atom. The molecule has 2 heteroatoms. The highest BCUT2D eigenvalue weighted by molar-refractivity contribution is 8.12. The average Bonchev–Trinajstić information content (AvgIpc) is 2.76. The molecule has 82 valence electrons. The molecular weight excluding hydrogens is 190 g/mol. The van der Waals surface area contributed by atoms with E-state index in [4.69, 9.17) is 0 Å². The summed E-state index contributed by atoms with van der Waals surface area (Å²) < 4.78 is 0. The molecule has 0 N–H and O–H groups in total. The molecule has 1 heterocycles. The summed E-state index contributed by atoms with van der Waals surface area (Å²) in [6.07, 6.45) is 9.45. The third kappa shape index (κ3) is 12.0.